The molecule has 0 aliphatic rings. The van der Waals surface area contributed by atoms with Crippen molar-refractivity contribution in [3.63, 3.8) is 0 Å². The number of rotatable bonds is 5. The topological polar surface area (TPSA) is 58.3 Å². The first-order chi connectivity index (χ1) is 7.19. The van der Waals surface area contributed by atoms with Crippen LogP contribution in [-0.2, 0) is 0 Å². The molecule has 1 aromatic rings. The zero-order valence-corrected chi connectivity index (χ0v) is 8.83. The summed E-state index contributed by atoms with van der Waals surface area (Å²) in [6.07, 6.45) is 0. The Morgan fingerprint density at radius 1 is 1.53 bits per heavy atom. The smallest absolute Gasteiger partial charge is 0.126 e. The molecule has 0 radical (unpaired) electrons. The maximum atomic E-state index is 13.0. The van der Waals surface area contributed by atoms with Crippen LogP contribution in [0.25, 0.3) is 0 Å². The standard InChI is InChI=1S/C11H17FN2O/c1-8-6-9(2-3-10(8)12)11(7-13)14-4-5-15/h2-3,6,11,14-15H,4-5,7,13H2,1H3. The predicted octanol–water partition coefficient (Wildman–Crippen LogP) is 0.716. The first-order valence-electron chi connectivity index (χ1n) is 4.99. The van der Waals surface area contributed by atoms with Crippen LogP contribution in [0.3, 0.4) is 0 Å². The lowest BCUT2D eigenvalue weighted by molar-refractivity contribution is 0.285. The number of aliphatic hydroxyl groups excluding tert-OH is 1. The molecule has 0 aliphatic heterocycles. The molecule has 4 N–H and O–H groups in total. The average Bonchev–Trinajstić information content (AvgIpc) is 2.24. The van der Waals surface area contributed by atoms with Gasteiger partial charge in [-0.05, 0) is 24.1 Å². The fraction of sp³-hybridized carbons (Fsp3) is 0.455. The summed E-state index contributed by atoms with van der Waals surface area (Å²) in [7, 11) is 0. The summed E-state index contributed by atoms with van der Waals surface area (Å²) in [6.45, 7) is 2.69. The van der Waals surface area contributed by atoms with E-state index in [9.17, 15) is 4.39 Å². The second kappa shape index (κ2) is 5.80. The van der Waals surface area contributed by atoms with E-state index >= 15 is 0 Å². The van der Waals surface area contributed by atoms with Crippen LogP contribution < -0.4 is 11.1 Å². The van der Waals surface area contributed by atoms with Crippen molar-refractivity contribution in [1.82, 2.24) is 5.32 Å². The SMILES string of the molecule is Cc1cc(C(CN)NCCO)ccc1F. The van der Waals surface area contributed by atoms with E-state index in [0.717, 1.165) is 5.56 Å². The van der Waals surface area contributed by atoms with E-state index in [1.807, 2.05) is 0 Å². The molecule has 1 unspecified atom stereocenters. The summed E-state index contributed by atoms with van der Waals surface area (Å²) < 4.78 is 13.0. The highest BCUT2D eigenvalue weighted by Gasteiger charge is 2.09. The molecule has 0 saturated carbocycles. The van der Waals surface area contributed by atoms with Gasteiger partial charge in [0.05, 0.1) is 6.61 Å². The lowest BCUT2D eigenvalue weighted by atomic mass is 10.0. The van der Waals surface area contributed by atoms with Crippen molar-refractivity contribution >= 4 is 0 Å². The molecule has 0 fully saturated rings. The van der Waals surface area contributed by atoms with Gasteiger partial charge < -0.3 is 16.2 Å². The van der Waals surface area contributed by atoms with Crippen molar-refractivity contribution in [2.24, 2.45) is 5.73 Å². The van der Waals surface area contributed by atoms with Crippen molar-refractivity contribution < 1.29 is 9.50 Å². The maximum absolute atomic E-state index is 13.0. The third kappa shape index (κ3) is 3.27. The van der Waals surface area contributed by atoms with Gasteiger partial charge in [0.25, 0.3) is 0 Å². The molecular formula is C11H17FN2O. The predicted molar refractivity (Wildman–Crippen MR) is 58.0 cm³/mol. The summed E-state index contributed by atoms with van der Waals surface area (Å²) in [5.41, 5.74) is 7.15. The number of aryl methyl sites for hydroxylation is 1. The van der Waals surface area contributed by atoms with Crippen LogP contribution in [0.1, 0.15) is 17.2 Å². The third-order valence-electron chi connectivity index (χ3n) is 2.32. The summed E-state index contributed by atoms with van der Waals surface area (Å²) in [4.78, 5) is 0. The second-order valence-corrected chi connectivity index (χ2v) is 3.47. The number of hydrogen-bond acceptors (Lipinski definition) is 3. The van der Waals surface area contributed by atoms with Crippen molar-refractivity contribution in [2.75, 3.05) is 19.7 Å². The Labute approximate surface area is 89.1 Å². The van der Waals surface area contributed by atoms with E-state index < -0.39 is 0 Å². The number of halogens is 1. The van der Waals surface area contributed by atoms with Gasteiger partial charge in [0.2, 0.25) is 0 Å². The van der Waals surface area contributed by atoms with Crippen LogP contribution in [0, 0.1) is 12.7 Å². The molecule has 1 atom stereocenters. The minimum absolute atomic E-state index is 0.0311. The zero-order valence-electron chi connectivity index (χ0n) is 8.83. The molecule has 0 heterocycles. The van der Waals surface area contributed by atoms with Gasteiger partial charge in [0.15, 0.2) is 0 Å². The van der Waals surface area contributed by atoms with Gasteiger partial charge in [-0.15, -0.1) is 0 Å². The zero-order chi connectivity index (χ0) is 11.3. The molecule has 1 aromatic carbocycles. The van der Waals surface area contributed by atoms with Crippen molar-refractivity contribution in [3.8, 4) is 0 Å². The summed E-state index contributed by atoms with van der Waals surface area (Å²) in [5.74, 6) is -0.211. The van der Waals surface area contributed by atoms with Gasteiger partial charge in [-0.25, -0.2) is 4.39 Å². The fourth-order valence-corrected chi connectivity index (χ4v) is 1.46. The van der Waals surface area contributed by atoms with E-state index in [2.05, 4.69) is 5.32 Å². The molecule has 0 saturated heterocycles. The Bertz CT molecular complexity index is 317. The fourth-order valence-electron chi connectivity index (χ4n) is 1.46. The molecule has 0 spiro atoms. The van der Waals surface area contributed by atoms with E-state index in [4.69, 9.17) is 10.8 Å². The maximum Gasteiger partial charge on any atom is 0.126 e. The quantitative estimate of drug-likeness (QED) is 0.674. The lowest BCUT2D eigenvalue weighted by Gasteiger charge is -2.17. The Morgan fingerprint density at radius 3 is 2.80 bits per heavy atom. The van der Waals surface area contributed by atoms with E-state index in [1.165, 1.54) is 6.07 Å². The van der Waals surface area contributed by atoms with Gasteiger partial charge in [-0.3, -0.25) is 0 Å². The van der Waals surface area contributed by atoms with Crippen LogP contribution >= 0.6 is 0 Å². The van der Waals surface area contributed by atoms with Crippen molar-refractivity contribution in [3.05, 3.63) is 35.1 Å². The first kappa shape index (κ1) is 12.1. The van der Waals surface area contributed by atoms with E-state index in [0.29, 0.717) is 18.7 Å². The lowest BCUT2D eigenvalue weighted by Crippen LogP contribution is -2.30. The van der Waals surface area contributed by atoms with Gasteiger partial charge in [-0.1, -0.05) is 12.1 Å². The van der Waals surface area contributed by atoms with Gasteiger partial charge in [0.1, 0.15) is 5.82 Å². The number of benzene rings is 1. The summed E-state index contributed by atoms with van der Waals surface area (Å²) in [6, 6.07) is 4.89. The highest BCUT2D eigenvalue weighted by Crippen LogP contribution is 2.15. The molecule has 84 valence electrons. The second-order valence-electron chi connectivity index (χ2n) is 3.47. The molecule has 1 rings (SSSR count). The molecule has 0 bridgehead atoms. The third-order valence-corrected chi connectivity index (χ3v) is 2.32. The van der Waals surface area contributed by atoms with E-state index in [1.54, 1.807) is 19.1 Å². The number of hydrogen-bond donors (Lipinski definition) is 3. The molecule has 4 heteroatoms. The average molecular weight is 212 g/mol. The first-order valence-corrected chi connectivity index (χ1v) is 4.99. The summed E-state index contributed by atoms with van der Waals surface area (Å²) >= 11 is 0. The number of aliphatic hydroxyl groups is 1. The summed E-state index contributed by atoms with van der Waals surface area (Å²) in [5, 5.41) is 11.8. The molecule has 3 nitrogen and oxygen atoms in total. The highest BCUT2D eigenvalue weighted by atomic mass is 19.1. The highest BCUT2D eigenvalue weighted by molar-refractivity contribution is 5.26. The Hall–Kier alpha value is -0.970. The molecule has 0 amide bonds. The van der Waals surface area contributed by atoms with Gasteiger partial charge in [-0.2, -0.15) is 0 Å². The Kier molecular flexibility index (Phi) is 4.68. The minimum Gasteiger partial charge on any atom is -0.395 e. The monoisotopic (exact) mass is 212 g/mol. The Balaban J connectivity index is 2.78. The van der Waals surface area contributed by atoms with Crippen LogP contribution in [-0.4, -0.2) is 24.8 Å². The normalized spacial score (nSPS) is 12.8. The van der Waals surface area contributed by atoms with Crippen LogP contribution in [0.4, 0.5) is 4.39 Å². The Morgan fingerprint density at radius 2 is 2.27 bits per heavy atom. The van der Waals surface area contributed by atoms with Gasteiger partial charge >= 0.3 is 0 Å². The van der Waals surface area contributed by atoms with Crippen LogP contribution in [0.5, 0.6) is 0 Å². The number of nitrogens with two attached hydrogens (primary N) is 1. The van der Waals surface area contributed by atoms with Crippen molar-refractivity contribution in [1.29, 1.82) is 0 Å². The molecule has 15 heavy (non-hydrogen) atoms. The largest absolute Gasteiger partial charge is 0.395 e. The molecule has 0 aromatic heterocycles. The van der Waals surface area contributed by atoms with Crippen LogP contribution in [0.15, 0.2) is 18.2 Å². The van der Waals surface area contributed by atoms with E-state index in [-0.39, 0.29) is 18.5 Å². The van der Waals surface area contributed by atoms with Crippen molar-refractivity contribution in [2.45, 2.75) is 13.0 Å². The molecular weight excluding hydrogens is 195 g/mol. The van der Waals surface area contributed by atoms with Crippen LogP contribution in [0.2, 0.25) is 0 Å². The number of nitrogens with one attached hydrogen (secondary N) is 1. The minimum atomic E-state index is -0.211. The molecule has 0 aliphatic carbocycles. The van der Waals surface area contributed by atoms with Gasteiger partial charge in [0, 0.05) is 19.1 Å².